The van der Waals surface area contributed by atoms with E-state index in [4.69, 9.17) is 6.58 Å². The van der Waals surface area contributed by atoms with Crippen molar-refractivity contribution in [1.29, 1.82) is 0 Å². The van der Waals surface area contributed by atoms with Crippen LogP contribution in [0.3, 0.4) is 0 Å². The predicted octanol–water partition coefficient (Wildman–Crippen LogP) is 0.712. The second-order valence-corrected chi connectivity index (χ2v) is 1.71. The molecule has 0 saturated heterocycles. The van der Waals surface area contributed by atoms with Crippen molar-refractivity contribution in [3.8, 4) is 0 Å². The quantitative estimate of drug-likeness (QED) is 0.623. The van der Waals surface area contributed by atoms with E-state index in [-0.39, 0.29) is 18.6 Å². The minimum atomic E-state index is 0. The molecule has 0 aromatic rings. The van der Waals surface area contributed by atoms with Crippen molar-refractivity contribution in [2.45, 2.75) is 6.92 Å². The van der Waals surface area contributed by atoms with Crippen LogP contribution in [0.2, 0.25) is 0 Å². The molecule has 0 nitrogen and oxygen atoms in total. The van der Waals surface area contributed by atoms with Gasteiger partial charge >= 0.3 is 42.8 Å². The number of rotatable bonds is 1. The summed E-state index contributed by atoms with van der Waals surface area (Å²) < 4.78 is 1.94. The van der Waals surface area contributed by atoms with Gasteiger partial charge < -0.3 is 0 Å². The van der Waals surface area contributed by atoms with Crippen LogP contribution in [0, 0.1) is 6.58 Å². The van der Waals surface area contributed by atoms with Gasteiger partial charge in [0.2, 0.25) is 0 Å². The Morgan fingerprint density at radius 2 is 2.00 bits per heavy atom. The topological polar surface area (TPSA) is 0 Å². The average molecular weight is 288 g/mol. The van der Waals surface area contributed by atoms with Gasteiger partial charge in [-0.2, -0.15) is 0 Å². The third-order valence-corrected chi connectivity index (χ3v) is 1.52. The molecule has 0 bridgehead atoms. The van der Waals surface area contributed by atoms with Crippen molar-refractivity contribution in [3.63, 3.8) is 0 Å². The summed E-state index contributed by atoms with van der Waals surface area (Å²) in [5.74, 6) is 0. The Balaban J connectivity index is 0. The summed E-state index contributed by atoms with van der Waals surface area (Å²) in [4.78, 5) is 0. The Bertz CT molecular complexity index is 58.6. The first kappa shape index (κ1) is 9.99. The van der Waals surface area contributed by atoms with Crippen molar-refractivity contribution >= 4 is 4.40 Å². The van der Waals surface area contributed by atoms with E-state index >= 15 is 0 Å². The standard InChI is InChI=1S/C4H5.V.W/c1-4(2)3;;/h1-2H,3H3;;/q-1;;. The van der Waals surface area contributed by atoms with Crippen molar-refractivity contribution in [2.75, 3.05) is 0 Å². The minimum absolute atomic E-state index is 0. The molecule has 6 heavy (non-hydrogen) atoms. The molecule has 0 saturated carbocycles. The van der Waals surface area contributed by atoms with E-state index in [0.29, 0.717) is 0 Å². The van der Waals surface area contributed by atoms with Gasteiger partial charge in [-0.15, -0.1) is 0 Å². The van der Waals surface area contributed by atoms with E-state index in [1.54, 1.807) is 0 Å². The zero-order valence-electron chi connectivity index (χ0n) is 3.51. The molecule has 0 heterocycles. The summed E-state index contributed by atoms with van der Waals surface area (Å²) in [5.41, 5.74) is 0.917. The first-order valence-corrected chi connectivity index (χ1v) is 3.01. The predicted molar refractivity (Wildman–Crippen MR) is 19.6 cm³/mol. The molecule has 0 aromatic carbocycles. The van der Waals surface area contributed by atoms with Crippen LogP contribution in [0.1, 0.15) is 6.92 Å². The van der Waals surface area contributed by atoms with Gasteiger partial charge in [-0.25, -0.2) is 0 Å². The van der Waals surface area contributed by atoms with E-state index in [0.717, 1.165) is 5.57 Å². The summed E-state index contributed by atoms with van der Waals surface area (Å²) in [5, 5.41) is 0. The van der Waals surface area contributed by atoms with Gasteiger partial charge in [0, 0.05) is 18.6 Å². The van der Waals surface area contributed by atoms with E-state index in [1.807, 2.05) is 11.3 Å². The molecular weight excluding hydrogens is 283 g/mol. The maximum absolute atomic E-state index is 5.17. The second-order valence-electron chi connectivity index (χ2n) is 0.862. The summed E-state index contributed by atoms with van der Waals surface area (Å²) in [6.07, 6.45) is 0. The van der Waals surface area contributed by atoms with E-state index in [1.165, 1.54) is 19.4 Å². The summed E-state index contributed by atoms with van der Waals surface area (Å²) in [6.45, 7) is 7.06. The Kier molecular flexibility index (Phi) is 9.80. The molecule has 2 heteroatoms. The van der Waals surface area contributed by atoms with Gasteiger partial charge in [-0.1, -0.05) is 0 Å². The molecule has 0 amide bonds. The van der Waals surface area contributed by atoms with Crippen LogP contribution in [0.15, 0.2) is 5.57 Å². The second kappa shape index (κ2) is 5.88. The molecule has 0 fully saturated rings. The first-order chi connectivity index (χ1) is 2.27. The van der Waals surface area contributed by atoms with Gasteiger partial charge in [0.1, 0.15) is 0 Å². The fraction of sp³-hybridized carbons (Fsp3) is 0.250. The van der Waals surface area contributed by atoms with Gasteiger partial charge in [-0.05, 0) is 0 Å². The Morgan fingerprint density at radius 3 is 2.00 bits per heavy atom. The van der Waals surface area contributed by atoms with Crippen molar-refractivity contribution in [2.24, 2.45) is 0 Å². The van der Waals surface area contributed by atoms with E-state index in [9.17, 15) is 0 Å². The normalized spacial score (nSPS) is 5.50. The SMILES string of the molecule is [CH-]=C(C)[CH]=[W].[V]. The third kappa shape index (κ3) is 8.86. The molecule has 1 radical (unpaired) electrons. The van der Waals surface area contributed by atoms with Crippen LogP contribution in [-0.4, -0.2) is 4.40 Å². The first-order valence-electron chi connectivity index (χ1n) is 1.31. The fourth-order valence-corrected chi connectivity index (χ4v) is 0. The minimum Gasteiger partial charge on any atom is 0 e. The van der Waals surface area contributed by atoms with Gasteiger partial charge in [0.15, 0.2) is 0 Å². The van der Waals surface area contributed by atoms with Crippen LogP contribution in [-0.2, 0) is 37.9 Å². The molecule has 0 aromatic heterocycles. The number of hydrogen-bond donors (Lipinski definition) is 0. The van der Waals surface area contributed by atoms with Gasteiger partial charge in [-0.3, -0.25) is 0 Å². The summed E-state index contributed by atoms with van der Waals surface area (Å²) in [6, 6.07) is 0. The number of hydrogen-bond acceptors (Lipinski definition) is 0. The molecule has 0 unspecified atom stereocenters. The maximum atomic E-state index is 5.17. The largest absolute Gasteiger partial charge is 0 e. The Hall–Kier alpha value is 0.883. The van der Waals surface area contributed by atoms with Crippen LogP contribution in [0.4, 0.5) is 0 Å². The summed E-state index contributed by atoms with van der Waals surface area (Å²) >= 11 is 1.42. The number of allylic oxidation sites excluding steroid dienone is 1. The average Bonchev–Trinajstić information content (AvgIpc) is 1.38. The van der Waals surface area contributed by atoms with Gasteiger partial charge in [0.05, 0.1) is 0 Å². The molecule has 0 atom stereocenters. The Labute approximate surface area is 61.3 Å². The molecule has 0 aliphatic heterocycles. The zero-order chi connectivity index (χ0) is 4.28. The van der Waals surface area contributed by atoms with E-state index < -0.39 is 0 Å². The molecule has 0 spiro atoms. The molecule has 0 rings (SSSR count). The Morgan fingerprint density at radius 1 is 1.83 bits per heavy atom. The van der Waals surface area contributed by atoms with Crippen LogP contribution in [0.25, 0.3) is 0 Å². The third-order valence-electron chi connectivity index (χ3n) is 0.186. The molecule has 0 aliphatic carbocycles. The van der Waals surface area contributed by atoms with E-state index in [2.05, 4.69) is 0 Å². The molecular formula is C4H5VW-. The molecule has 0 N–H and O–H groups in total. The summed E-state index contributed by atoms with van der Waals surface area (Å²) in [7, 11) is 0. The van der Waals surface area contributed by atoms with Crippen LogP contribution in [0.5, 0.6) is 0 Å². The van der Waals surface area contributed by atoms with Crippen molar-refractivity contribution in [3.05, 3.63) is 12.2 Å². The van der Waals surface area contributed by atoms with Crippen LogP contribution >= 0.6 is 0 Å². The monoisotopic (exact) mass is 288 g/mol. The molecule has 0 aliphatic rings. The molecule has 33 valence electrons. The smallest absolute Gasteiger partial charge is 0 e. The maximum Gasteiger partial charge on any atom is 0 e. The van der Waals surface area contributed by atoms with Crippen molar-refractivity contribution < 1.29 is 37.9 Å². The van der Waals surface area contributed by atoms with Gasteiger partial charge in [0.25, 0.3) is 0 Å². The fourth-order valence-electron chi connectivity index (χ4n) is 0. The zero-order valence-corrected chi connectivity index (χ0v) is 7.84. The van der Waals surface area contributed by atoms with Crippen LogP contribution < -0.4 is 0 Å². The van der Waals surface area contributed by atoms with Crippen molar-refractivity contribution in [1.82, 2.24) is 0 Å².